The summed E-state index contributed by atoms with van der Waals surface area (Å²) >= 11 is 0. The maximum atomic E-state index is 12.7. The summed E-state index contributed by atoms with van der Waals surface area (Å²) in [5, 5.41) is 3.97. The highest BCUT2D eigenvalue weighted by molar-refractivity contribution is 6.04. The first-order valence-electron chi connectivity index (χ1n) is 10.0. The molecule has 1 amide bonds. The first-order valence-corrected chi connectivity index (χ1v) is 10.0. The summed E-state index contributed by atoms with van der Waals surface area (Å²) in [6.45, 7) is 3.04. The molecule has 0 spiro atoms. The summed E-state index contributed by atoms with van der Waals surface area (Å²) in [4.78, 5) is 27.4. The summed E-state index contributed by atoms with van der Waals surface area (Å²) in [5.41, 5.74) is 3.74. The molecule has 4 aromatic heterocycles. The molecule has 1 fully saturated rings. The molecule has 5 rings (SSSR count). The molecule has 1 aliphatic rings. The summed E-state index contributed by atoms with van der Waals surface area (Å²) in [7, 11) is 2.18. The first-order chi connectivity index (χ1) is 14.1. The highest BCUT2D eigenvalue weighted by atomic mass is 16.1. The van der Waals surface area contributed by atoms with E-state index in [0.29, 0.717) is 17.4 Å². The van der Waals surface area contributed by atoms with Crippen molar-refractivity contribution >= 4 is 28.1 Å². The quantitative estimate of drug-likeness (QED) is 0.557. The van der Waals surface area contributed by atoms with Crippen LogP contribution in [0.1, 0.15) is 47.2 Å². The molecule has 1 atom stereocenters. The zero-order valence-electron chi connectivity index (χ0n) is 16.6. The number of imidazole rings is 1. The minimum atomic E-state index is -0.189. The van der Waals surface area contributed by atoms with Crippen LogP contribution < -0.4 is 5.32 Å². The van der Waals surface area contributed by atoms with Crippen LogP contribution in [0.4, 0.5) is 5.82 Å². The molecule has 0 saturated carbocycles. The molecule has 5 heterocycles. The number of aromatic nitrogens is 4. The number of fused-ring (bicyclic) bond motifs is 2. The second kappa shape index (κ2) is 7.00. The largest absolute Gasteiger partial charge is 0.357 e. The normalized spacial score (nSPS) is 17.8. The van der Waals surface area contributed by atoms with Crippen molar-refractivity contribution < 1.29 is 4.79 Å². The van der Waals surface area contributed by atoms with E-state index < -0.39 is 0 Å². The number of nitrogens with zero attached hydrogens (tertiary/aromatic N) is 4. The number of rotatable bonds is 3. The van der Waals surface area contributed by atoms with Gasteiger partial charge in [0, 0.05) is 35.6 Å². The number of likely N-dealkylation sites (tertiary alicyclic amines) is 1. The minimum Gasteiger partial charge on any atom is -0.357 e. The van der Waals surface area contributed by atoms with Gasteiger partial charge in [-0.25, -0.2) is 9.97 Å². The molecule has 2 N–H and O–H groups in total. The van der Waals surface area contributed by atoms with Crippen molar-refractivity contribution in [3.05, 3.63) is 59.9 Å². The number of nitrogens with one attached hydrogen (secondary N) is 2. The second-order valence-electron chi connectivity index (χ2n) is 7.85. The minimum absolute atomic E-state index is 0.189. The molecule has 1 saturated heterocycles. The Hall–Kier alpha value is -3.19. The Morgan fingerprint density at radius 1 is 1.21 bits per heavy atom. The monoisotopic (exact) mass is 388 g/mol. The van der Waals surface area contributed by atoms with Crippen molar-refractivity contribution in [2.24, 2.45) is 0 Å². The number of hydrogen-bond donors (Lipinski definition) is 2. The SMILES string of the molecule is Cc1ncc2ccc(C(=O)Nc3cc4[nH]c([C@H]5CCCCN5C)cc4cn3)cn12. The molecule has 0 aliphatic carbocycles. The Bertz CT molecular complexity index is 1210. The molecular weight excluding hydrogens is 364 g/mol. The van der Waals surface area contributed by atoms with Gasteiger partial charge in [0.25, 0.3) is 5.91 Å². The van der Waals surface area contributed by atoms with Crippen molar-refractivity contribution in [2.75, 3.05) is 18.9 Å². The molecule has 0 aromatic carbocycles. The summed E-state index contributed by atoms with van der Waals surface area (Å²) < 4.78 is 1.91. The topological polar surface area (TPSA) is 78.3 Å². The van der Waals surface area contributed by atoms with E-state index in [9.17, 15) is 4.79 Å². The molecule has 148 valence electrons. The van der Waals surface area contributed by atoms with Crippen LogP contribution in [-0.2, 0) is 0 Å². The number of pyridine rings is 2. The fourth-order valence-electron chi connectivity index (χ4n) is 4.21. The van der Waals surface area contributed by atoms with Crippen LogP contribution in [0.25, 0.3) is 16.4 Å². The van der Waals surface area contributed by atoms with Crippen molar-refractivity contribution in [2.45, 2.75) is 32.2 Å². The highest BCUT2D eigenvalue weighted by Gasteiger charge is 2.22. The van der Waals surface area contributed by atoms with E-state index in [-0.39, 0.29) is 5.91 Å². The van der Waals surface area contributed by atoms with Gasteiger partial charge in [0.1, 0.15) is 11.6 Å². The molecule has 7 nitrogen and oxygen atoms in total. The summed E-state index contributed by atoms with van der Waals surface area (Å²) in [5.74, 6) is 1.20. The maximum Gasteiger partial charge on any atom is 0.258 e. The Labute approximate surface area is 168 Å². The van der Waals surface area contributed by atoms with E-state index in [0.717, 1.165) is 35.2 Å². The molecule has 0 bridgehead atoms. The van der Waals surface area contributed by atoms with Gasteiger partial charge in [-0.05, 0) is 51.6 Å². The lowest BCUT2D eigenvalue weighted by molar-refractivity contribution is 0.102. The van der Waals surface area contributed by atoms with E-state index in [1.165, 1.54) is 18.5 Å². The maximum absolute atomic E-state index is 12.7. The number of carbonyl (C=O) groups is 1. The number of amides is 1. The van der Waals surface area contributed by atoms with Gasteiger partial charge < -0.3 is 14.7 Å². The average Bonchev–Trinajstić information content (AvgIpc) is 3.31. The molecule has 0 radical (unpaired) electrons. The van der Waals surface area contributed by atoms with Crippen LogP contribution in [0.3, 0.4) is 0 Å². The molecule has 29 heavy (non-hydrogen) atoms. The van der Waals surface area contributed by atoms with Gasteiger partial charge in [-0.3, -0.25) is 9.69 Å². The third-order valence-electron chi connectivity index (χ3n) is 5.87. The lowest BCUT2D eigenvalue weighted by Gasteiger charge is -2.31. The zero-order chi connectivity index (χ0) is 20.0. The van der Waals surface area contributed by atoms with Crippen molar-refractivity contribution in [3.63, 3.8) is 0 Å². The van der Waals surface area contributed by atoms with E-state index in [1.54, 1.807) is 18.5 Å². The van der Waals surface area contributed by atoms with Crippen LogP contribution in [-0.4, -0.2) is 43.8 Å². The summed E-state index contributed by atoms with van der Waals surface area (Å²) in [6.07, 6.45) is 9.09. The fourth-order valence-corrected chi connectivity index (χ4v) is 4.21. The molecular formula is C22H24N6O. The highest BCUT2D eigenvalue weighted by Crippen LogP contribution is 2.31. The lowest BCUT2D eigenvalue weighted by Crippen LogP contribution is -2.29. The van der Waals surface area contributed by atoms with Crippen molar-refractivity contribution in [3.8, 4) is 0 Å². The summed E-state index contributed by atoms with van der Waals surface area (Å²) in [6, 6.07) is 8.19. The van der Waals surface area contributed by atoms with Gasteiger partial charge in [0.05, 0.1) is 22.8 Å². The number of aryl methyl sites for hydroxylation is 1. The fraction of sp³-hybridized carbons (Fsp3) is 0.318. The van der Waals surface area contributed by atoms with Crippen LogP contribution in [0.5, 0.6) is 0 Å². The second-order valence-corrected chi connectivity index (χ2v) is 7.85. The number of H-pyrrole nitrogens is 1. The third kappa shape index (κ3) is 3.27. The Balaban J connectivity index is 1.39. The number of piperidine rings is 1. The van der Waals surface area contributed by atoms with E-state index >= 15 is 0 Å². The first kappa shape index (κ1) is 17.9. The van der Waals surface area contributed by atoms with E-state index in [2.05, 4.69) is 38.3 Å². The smallest absolute Gasteiger partial charge is 0.258 e. The molecule has 0 unspecified atom stereocenters. The Morgan fingerprint density at radius 2 is 2.10 bits per heavy atom. The van der Waals surface area contributed by atoms with Gasteiger partial charge >= 0.3 is 0 Å². The van der Waals surface area contributed by atoms with Gasteiger partial charge in [-0.2, -0.15) is 0 Å². The predicted octanol–water partition coefficient (Wildman–Crippen LogP) is 3.93. The number of anilines is 1. The van der Waals surface area contributed by atoms with E-state index in [1.807, 2.05) is 29.7 Å². The van der Waals surface area contributed by atoms with Crippen LogP contribution >= 0.6 is 0 Å². The molecule has 7 heteroatoms. The van der Waals surface area contributed by atoms with Gasteiger partial charge in [0.2, 0.25) is 0 Å². The van der Waals surface area contributed by atoms with Crippen LogP contribution in [0.2, 0.25) is 0 Å². The zero-order valence-corrected chi connectivity index (χ0v) is 16.6. The number of carbonyl (C=O) groups excluding carboxylic acids is 1. The molecule has 1 aliphatic heterocycles. The van der Waals surface area contributed by atoms with Crippen LogP contribution in [0.15, 0.2) is 42.9 Å². The van der Waals surface area contributed by atoms with Gasteiger partial charge in [0.15, 0.2) is 0 Å². The van der Waals surface area contributed by atoms with Gasteiger partial charge in [-0.15, -0.1) is 0 Å². The van der Waals surface area contributed by atoms with Gasteiger partial charge in [-0.1, -0.05) is 6.42 Å². The number of hydrogen-bond acceptors (Lipinski definition) is 4. The average molecular weight is 388 g/mol. The van der Waals surface area contributed by atoms with Crippen LogP contribution in [0, 0.1) is 6.92 Å². The molecule has 4 aromatic rings. The standard InChI is InChI=1S/C22H24N6O/c1-14-23-12-17-7-6-15(13-28(14)17)22(29)26-21-10-18-16(11-24-21)9-19(25-18)20-5-3-4-8-27(20)2/h6-7,9-13,20,25H,3-5,8H2,1-2H3,(H,24,26,29)/t20-/m1/s1. The Kier molecular flexibility index (Phi) is 4.32. The third-order valence-corrected chi connectivity index (χ3v) is 5.87. The van der Waals surface area contributed by atoms with Crippen molar-refractivity contribution in [1.29, 1.82) is 0 Å². The number of aromatic amines is 1. The lowest BCUT2D eigenvalue weighted by atomic mass is 10.0. The Morgan fingerprint density at radius 3 is 2.97 bits per heavy atom. The predicted molar refractivity (Wildman–Crippen MR) is 113 cm³/mol. The van der Waals surface area contributed by atoms with E-state index in [4.69, 9.17) is 0 Å². The van der Waals surface area contributed by atoms with Crippen molar-refractivity contribution in [1.82, 2.24) is 24.3 Å².